The Balaban J connectivity index is 1.05. The Kier molecular flexibility index (Phi) is 6.25. The molecule has 9 rings (SSSR count). The highest BCUT2D eigenvalue weighted by molar-refractivity contribution is 6.50. The zero-order valence-electron chi connectivity index (χ0n) is 25.3. The van der Waals surface area contributed by atoms with Crippen LogP contribution in [0.5, 0.6) is 0 Å². The molecule has 4 aromatic rings. The standard InChI is InChI=1S/C38H26N8O2/c47-37-33-13-5-25(43-33)17-21-1-9-29(39-21)30-10-2-22(40-30)18-26-6-15-35(44-26)38(48)36-16-8-28(46-36)20-24-4-12-32(42-24)31-11-3-23(41-31)19-27-7-14-34(37)45-27/h1-20,29,39,41-44H/b21-17-,22-18+,27-19+,28-20-. The van der Waals surface area contributed by atoms with Crippen LogP contribution in [0.25, 0.3) is 35.7 Å². The van der Waals surface area contributed by atoms with Gasteiger partial charge in [-0.3, -0.25) is 14.6 Å². The molecule has 5 aliphatic rings. The Labute approximate surface area is 273 Å². The van der Waals surface area contributed by atoms with E-state index in [-0.39, 0.29) is 17.6 Å². The minimum Gasteiger partial charge on any atom is -0.373 e. The molecule has 0 saturated heterocycles. The van der Waals surface area contributed by atoms with Crippen LogP contribution in [0, 0.1) is 0 Å². The number of hydrogen-bond acceptors (Lipinski definition) is 6. The third kappa shape index (κ3) is 5.17. The molecule has 10 nitrogen and oxygen atoms in total. The van der Waals surface area contributed by atoms with Crippen LogP contribution in [0.3, 0.4) is 0 Å². The van der Waals surface area contributed by atoms with Gasteiger partial charge in [-0.25, -0.2) is 9.98 Å². The van der Waals surface area contributed by atoms with Crippen LogP contribution in [-0.2, 0) is 0 Å². The fraction of sp³-hybridized carbons (Fsp3) is 0.0263. The molecular weight excluding hydrogens is 600 g/mol. The molecule has 0 aromatic carbocycles. The molecule has 4 aromatic heterocycles. The number of hydrogen-bond donors (Lipinski definition) is 5. The van der Waals surface area contributed by atoms with Gasteiger partial charge in [-0.1, -0.05) is 6.08 Å². The molecule has 5 N–H and O–H groups in total. The smallest absolute Gasteiger partial charge is 0.227 e. The van der Waals surface area contributed by atoms with Crippen LogP contribution in [0.15, 0.2) is 135 Å². The van der Waals surface area contributed by atoms with Gasteiger partial charge in [0.05, 0.1) is 51.6 Å². The van der Waals surface area contributed by atoms with Gasteiger partial charge in [-0.2, -0.15) is 0 Å². The molecule has 0 amide bonds. The van der Waals surface area contributed by atoms with Gasteiger partial charge < -0.3 is 25.3 Å². The number of H-pyrrole nitrogens is 4. The molecule has 16 bridgehead atoms. The van der Waals surface area contributed by atoms with Crippen molar-refractivity contribution in [3.05, 3.63) is 154 Å². The Hall–Kier alpha value is -6.81. The lowest BCUT2D eigenvalue weighted by atomic mass is 10.2. The summed E-state index contributed by atoms with van der Waals surface area (Å²) in [7, 11) is 0. The largest absolute Gasteiger partial charge is 0.373 e. The highest BCUT2D eigenvalue weighted by Crippen LogP contribution is 2.24. The van der Waals surface area contributed by atoms with E-state index in [1.54, 1.807) is 24.3 Å². The van der Waals surface area contributed by atoms with Crippen LogP contribution < -0.4 is 5.32 Å². The fourth-order valence-electron chi connectivity index (χ4n) is 6.04. The molecule has 9 heterocycles. The third-order valence-corrected chi connectivity index (χ3v) is 8.42. The molecule has 5 aliphatic heterocycles. The first kappa shape index (κ1) is 27.5. The quantitative estimate of drug-likeness (QED) is 0.155. The molecule has 0 aliphatic carbocycles. The van der Waals surface area contributed by atoms with Gasteiger partial charge in [0.1, 0.15) is 11.4 Å². The number of nitrogens with zero attached hydrogens (tertiary/aromatic N) is 3. The average molecular weight is 627 g/mol. The first-order valence-corrected chi connectivity index (χ1v) is 15.5. The second-order valence-electron chi connectivity index (χ2n) is 11.8. The summed E-state index contributed by atoms with van der Waals surface area (Å²) < 4.78 is 0. The Morgan fingerprint density at radius 1 is 0.458 bits per heavy atom. The van der Waals surface area contributed by atoms with Gasteiger partial charge >= 0.3 is 0 Å². The maximum absolute atomic E-state index is 13.3. The molecule has 10 heteroatoms. The molecule has 0 spiro atoms. The van der Waals surface area contributed by atoms with Gasteiger partial charge in [0.2, 0.25) is 11.6 Å². The zero-order valence-corrected chi connectivity index (χ0v) is 25.3. The lowest BCUT2D eigenvalue weighted by Crippen LogP contribution is -2.28. The molecule has 0 saturated carbocycles. The molecule has 0 fully saturated rings. The van der Waals surface area contributed by atoms with E-state index in [1.807, 2.05) is 97.2 Å². The minimum absolute atomic E-state index is 0.0958. The summed E-state index contributed by atoms with van der Waals surface area (Å²) in [6, 6.07) is 15.1. The molecular formula is C38H26N8O2. The van der Waals surface area contributed by atoms with Crippen LogP contribution in [0.4, 0.5) is 0 Å². The van der Waals surface area contributed by atoms with E-state index in [0.717, 1.165) is 51.3 Å². The number of Topliss-reactive ketones (excluding diaryl/α,β-unsaturated/α-hetero) is 2. The van der Waals surface area contributed by atoms with Crippen molar-refractivity contribution >= 4 is 53.0 Å². The predicted molar refractivity (Wildman–Crippen MR) is 189 cm³/mol. The van der Waals surface area contributed by atoms with Crippen molar-refractivity contribution in [2.24, 2.45) is 15.0 Å². The van der Waals surface area contributed by atoms with Crippen molar-refractivity contribution in [1.29, 1.82) is 0 Å². The van der Waals surface area contributed by atoms with E-state index < -0.39 is 0 Å². The number of carbonyl (C=O) groups excluding carboxylic acids is 2. The van der Waals surface area contributed by atoms with E-state index >= 15 is 0 Å². The van der Waals surface area contributed by atoms with Gasteiger partial charge in [0.25, 0.3) is 0 Å². The normalized spacial score (nSPS) is 23.8. The van der Waals surface area contributed by atoms with Crippen molar-refractivity contribution in [3.63, 3.8) is 0 Å². The summed E-state index contributed by atoms with van der Waals surface area (Å²) in [4.78, 5) is 53.6. The molecule has 1 unspecified atom stereocenters. The number of rotatable bonds is 0. The maximum Gasteiger partial charge on any atom is 0.227 e. The second kappa shape index (κ2) is 10.9. The van der Waals surface area contributed by atoms with E-state index in [2.05, 4.69) is 35.2 Å². The van der Waals surface area contributed by atoms with Gasteiger partial charge in [0, 0.05) is 28.5 Å². The topological polar surface area (TPSA) is 146 Å². The molecule has 48 heavy (non-hydrogen) atoms. The first-order chi connectivity index (χ1) is 23.5. The van der Waals surface area contributed by atoms with E-state index in [1.165, 1.54) is 0 Å². The number of aliphatic imine (C=N–C) groups is 3. The van der Waals surface area contributed by atoms with Crippen molar-refractivity contribution in [1.82, 2.24) is 25.3 Å². The number of fused-ring (bicyclic) bond motifs is 15. The summed E-state index contributed by atoms with van der Waals surface area (Å²) in [6.07, 6.45) is 22.8. The molecule has 1 atom stereocenters. The summed E-state index contributed by atoms with van der Waals surface area (Å²) in [5.74, 6) is -0.360. The van der Waals surface area contributed by atoms with Gasteiger partial charge in [-0.05, 0) is 115 Å². The van der Waals surface area contributed by atoms with Crippen molar-refractivity contribution < 1.29 is 9.59 Å². The fourth-order valence-corrected chi connectivity index (χ4v) is 6.04. The van der Waals surface area contributed by atoms with Crippen LogP contribution >= 0.6 is 0 Å². The summed E-state index contributed by atoms with van der Waals surface area (Å²) in [5, 5.41) is 3.47. The Bertz CT molecular complexity index is 2410. The number of aromatic nitrogens is 4. The number of allylic oxidation sites excluding steroid dienone is 6. The molecule has 230 valence electrons. The zero-order chi connectivity index (χ0) is 32.2. The summed E-state index contributed by atoms with van der Waals surface area (Å²) in [5.41, 5.74) is 10.6. The maximum atomic E-state index is 13.3. The summed E-state index contributed by atoms with van der Waals surface area (Å²) >= 11 is 0. The van der Waals surface area contributed by atoms with Crippen LogP contribution in [0.2, 0.25) is 0 Å². The highest BCUT2D eigenvalue weighted by atomic mass is 16.1. The van der Waals surface area contributed by atoms with Crippen LogP contribution in [0.1, 0.15) is 43.8 Å². The summed E-state index contributed by atoms with van der Waals surface area (Å²) in [6.45, 7) is 0. The van der Waals surface area contributed by atoms with Gasteiger partial charge in [-0.15, -0.1) is 0 Å². The van der Waals surface area contributed by atoms with Crippen molar-refractivity contribution in [2.45, 2.75) is 6.04 Å². The first-order valence-electron chi connectivity index (χ1n) is 15.5. The van der Waals surface area contributed by atoms with Crippen LogP contribution in [-0.4, -0.2) is 54.7 Å². The lowest BCUT2D eigenvalue weighted by Gasteiger charge is -2.09. The number of carbonyl (C=O) groups is 2. The number of aromatic amines is 4. The minimum atomic E-state index is -0.183. The Morgan fingerprint density at radius 2 is 0.917 bits per heavy atom. The van der Waals surface area contributed by atoms with Crippen molar-refractivity contribution in [2.75, 3.05) is 0 Å². The number of ketones is 2. The number of nitrogens with one attached hydrogen (secondary N) is 5. The second-order valence-corrected chi connectivity index (χ2v) is 11.8. The SMILES string of the molecule is O=C1C2=N/C(=C/c3ccc([nH]3)-c3ccc([nH]3)/C=C3/C=CC(=N3)C(=O)c3ccc([nH]3)/C=C3\C=CC(=N3)C3C=C/C(=C/c4ccc1[nH]4)N3)C=C2. The monoisotopic (exact) mass is 626 g/mol. The average Bonchev–Trinajstić information content (AvgIpc) is 3.91. The lowest BCUT2D eigenvalue weighted by molar-refractivity contribution is 0.105. The Morgan fingerprint density at radius 3 is 1.48 bits per heavy atom. The van der Waals surface area contributed by atoms with E-state index in [4.69, 9.17) is 4.99 Å². The van der Waals surface area contributed by atoms with E-state index in [0.29, 0.717) is 34.2 Å². The third-order valence-electron chi connectivity index (χ3n) is 8.42. The highest BCUT2D eigenvalue weighted by Gasteiger charge is 2.22. The van der Waals surface area contributed by atoms with Crippen molar-refractivity contribution in [3.8, 4) is 11.4 Å². The molecule has 0 radical (unpaired) electrons. The van der Waals surface area contributed by atoms with E-state index in [9.17, 15) is 9.59 Å². The predicted octanol–water partition coefficient (Wildman–Crippen LogP) is 6.37. The van der Waals surface area contributed by atoms with Gasteiger partial charge in [0.15, 0.2) is 0 Å².